The van der Waals surface area contributed by atoms with E-state index in [9.17, 15) is 19.3 Å². The highest BCUT2D eigenvalue weighted by atomic mass is 35.5. The Hall–Kier alpha value is -2.46. The average Bonchev–Trinajstić information content (AvgIpc) is 3.42. The van der Waals surface area contributed by atoms with Crippen molar-refractivity contribution in [1.82, 2.24) is 24.6 Å². The van der Waals surface area contributed by atoms with Crippen molar-refractivity contribution in [2.24, 2.45) is 5.92 Å². The first-order valence-electron chi connectivity index (χ1n) is 11.3. The Kier molecular flexibility index (Phi) is 9.62. The highest BCUT2D eigenvalue weighted by Gasteiger charge is 2.53. The van der Waals surface area contributed by atoms with Crippen molar-refractivity contribution in [3.63, 3.8) is 0 Å². The fraction of sp³-hybridized carbons (Fsp3) is 0.650. The van der Waals surface area contributed by atoms with Crippen LogP contribution < -0.4 is 10.8 Å². The van der Waals surface area contributed by atoms with E-state index in [-0.39, 0.29) is 34.6 Å². The van der Waals surface area contributed by atoms with E-state index in [2.05, 4.69) is 24.8 Å². The molecule has 0 spiro atoms. The zero-order chi connectivity index (χ0) is 28.3. The van der Waals surface area contributed by atoms with Crippen LogP contribution in [0.25, 0.3) is 11.2 Å². The van der Waals surface area contributed by atoms with Crippen molar-refractivity contribution in [2.45, 2.75) is 44.3 Å². The predicted octanol–water partition coefficient (Wildman–Crippen LogP) is 0.936. The van der Waals surface area contributed by atoms with Crippen LogP contribution in [0.3, 0.4) is 0 Å². The van der Waals surface area contributed by atoms with Gasteiger partial charge in [-0.25, -0.2) is 23.8 Å². The molecule has 1 aliphatic rings. The summed E-state index contributed by atoms with van der Waals surface area (Å²) < 4.78 is 55.6. The van der Waals surface area contributed by atoms with E-state index < -0.39 is 63.5 Å². The summed E-state index contributed by atoms with van der Waals surface area (Å²) in [5, 5.41) is 13.0. The van der Waals surface area contributed by atoms with Crippen molar-refractivity contribution >= 4 is 48.3 Å². The number of esters is 2. The number of nitrogens with zero attached hydrogens (tertiary/aromatic N) is 4. The van der Waals surface area contributed by atoms with Crippen molar-refractivity contribution in [3.05, 3.63) is 11.6 Å². The largest absolute Gasteiger partial charge is 0.468 e. The Morgan fingerprint density at radius 2 is 2.08 bits per heavy atom. The Morgan fingerprint density at radius 1 is 1.37 bits per heavy atom. The van der Waals surface area contributed by atoms with Crippen LogP contribution in [0.4, 0.5) is 10.2 Å². The number of ether oxygens (including phenoxy) is 3. The summed E-state index contributed by atoms with van der Waals surface area (Å²) in [7, 11) is -2.20. The highest BCUT2D eigenvalue weighted by Crippen LogP contribution is 2.46. The van der Waals surface area contributed by atoms with Crippen LogP contribution in [0.15, 0.2) is 6.33 Å². The number of methoxy groups -OCH3 is 2. The first kappa shape index (κ1) is 30.1. The number of carbonyl (C=O) groups is 2. The third-order valence-electron chi connectivity index (χ3n) is 5.60. The zero-order valence-corrected chi connectivity index (χ0v) is 22.6. The smallest absolute Gasteiger partial charge is 0.406 e. The van der Waals surface area contributed by atoms with Gasteiger partial charge in [-0.15, -0.1) is 0 Å². The molecule has 3 heterocycles. The Balaban J connectivity index is 1.80. The molecule has 212 valence electrons. The summed E-state index contributed by atoms with van der Waals surface area (Å²) in [6, 6.07) is -1.13. The van der Waals surface area contributed by atoms with Crippen molar-refractivity contribution in [1.29, 1.82) is 0 Å². The summed E-state index contributed by atoms with van der Waals surface area (Å²) in [5.41, 5.74) is 5.74. The molecule has 5 atom stereocenters. The van der Waals surface area contributed by atoms with Gasteiger partial charge in [-0.3, -0.25) is 18.4 Å². The molecule has 0 radical (unpaired) electrons. The van der Waals surface area contributed by atoms with Crippen LogP contribution in [0.1, 0.15) is 20.3 Å². The molecular weight excluding hydrogens is 554 g/mol. The standard InChI is InChI=1S/C20H29ClFN6O9P/c1-10(2)5-11(18(31)34-4)27-38(32,37-7-13(29)33-3)36-6-12-15(30)20(22,8-35-12)28-9-24-14-16(23)25-19(21)26-17(14)28/h9-12,15,30H,5-8H2,1-4H3,(H,27,32)(H2,23,25,26). The Bertz CT molecular complexity index is 1220. The maximum Gasteiger partial charge on any atom is 0.406 e. The van der Waals surface area contributed by atoms with Gasteiger partial charge in [0.25, 0.3) is 0 Å². The van der Waals surface area contributed by atoms with Gasteiger partial charge < -0.3 is 25.1 Å². The molecule has 38 heavy (non-hydrogen) atoms. The van der Waals surface area contributed by atoms with Crippen molar-refractivity contribution in [3.8, 4) is 0 Å². The molecule has 2 aromatic rings. The van der Waals surface area contributed by atoms with E-state index in [1.165, 1.54) is 0 Å². The van der Waals surface area contributed by atoms with Gasteiger partial charge in [0.1, 0.15) is 30.4 Å². The van der Waals surface area contributed by atoms with Gasteiger partial charge in [0.15, 0.2) is 18.1 Å². The molecule has 3 rings (SSSR count). The number of fused-ring (bicyclic) bond motifs is 1. The lowest BCUT2D eigenvalue weighted by atomic mass is 10.1. The number of aliphatic hydroxyl groups is 1. The summed E-state index contributed by atoms with van der Waals surface area (Å²) in [4.78, 5) is 35.5. The lowest BCUT2D eigenvalue weighted by Crippen LogP contribution is -2.44. The van der Waals surface area contributed by atoms with Crippen LogP contribution in [0, 0.1) is 5.92 Å². The maximum absolute atomic E-state index is 16.0. The number of aliphatic hydroxyl groups excluding tert-OH is 1. The molecule has 0 bridgehead atoms. The molecule has 0 saturated carbocycles. The number of nitrogens with one attached hydrogen (secondary N) is 1. The van der Waals surface area contributed by atoms with Gasteiger partial charge in [-0.2, -0.15) is 9.97 Å². The topological polar surface area (TPSA) is 199 Å². The number of imidazole rings is 1. The van der Waals surface area contributed by atoms with E-state index in [1.807, 2.05) is 13.8 Å². The van der Waals surface area contributed by atoms with Crippen molar-refractivity contribution < 1.29 is 46.9 Å². The number of alkyl halides is 1. The second-order valence-corrected chi connectivity index (χ2v) is 10.9. The Labute approximate surface area is 221 Å². The number of aromatic nitrogens is 4. The number of hydrogen-bond acceptors (Lipinski definition) is 13. The van der Waals surface area contributed by atoms with Crippen LogP contribution in [0.2, 0.25) is 5.28 Å². The molecular formula is C20H29ClFN6O9P. The number of carbonyl (C=O) groups excluding carboxylic acids is 2. The average molecular weight is 583 g/mol. The number of anilines is 1. The molecule has 1 fully saturated rings. The number of nitrogens with two attached hydrogens (primary N) is 1. The lowest BCUT2D eigenvalue weighted by Gasteiger charge is -2.27. The van der Waals surface area contributed by atoms with E-state index >= 15 is 4.39 Å². The SMILES string of the molecule is COC(=O)COP(=O)(NC(CC(C)C)C(=O)OC)OCC1OCC(F)(n2cnc3c(N)nc(Cl)nc32)C1O. The summed E-state index contributed by atoms with van der Waals surface area (Å²) >= 11 is 5.84. The summed E-state index contributed by atoms with van der Waals surface area (Å²) in [6.07, 6.45) is -2.01. The van der Waals surface area contributed by atoms with Gasteiger partial charge in [-0.1, -0.05) is 13.8 Å². The monoisotopic (exact) mass is 582 g/mol. The van der Waals surface area contributed by atoms with Crippen LogP contribution in [-0.2, 0) is 43.2 Å². The Morgan fingerprint density at radius 3 is 2.71 bits per heavy atom. The third-order valence-corrected chi connectivity index (χ3v) is 7.35. The van der Waals surface area contributed by atoms with Gasteiger partial charge in [0.2, 0.25) is 11.1 Å². The molecule has 0 amide bonds. The van der Waals surface area contributed by atoms with E-state index in [1.54, 1.807) is 0 Å². The van der Waals surface area contributed by atoms with Crippen LogP contribution in [0.5, 0.6) is 0 Å². The van der Waals surface area contributed by atoms with Gasteiger partial charge in [-0.05, 0) is 23.9 Å². The summed E-state index contributed by atoms with van der Waals surface area (Å²) in [6.45, 7) is 1.49. The molecule has 0 aromatic carbocycles. The fourth-order valence-corrected chi connectivity index (χ4v) is 5.29. The van der Waals surface area contributed by atoms with E-state index in [0.717, 1.165) is 25.1 Å². The number of rotatable bonds is 12. The number of hydrogen-bond donors (Lipinski definition) is 3. The molecule has 15 nitrogen and oxygen atoms in total. The van der Waals surface area contributed by atoms with Gasteiger partial charge in [0, 0.05) is 0 Å². The van der Waals surface area contributed by atoms with E-state index in [4.69, 9.17) is 35.9 Å². The minimum atomic E-state index is -4.44. The minimum Gasteiger partial charge on any atom is -0.468 e. The quantitative estimate of drug-likeness (QED) is 0.181. The number of halogens is 2. The molecule has 0 aliphatic carbocycles. The maximum atomic E-state index is 16.0. The molecule has 1 saturated heterocycles. The lowest BCUT2D eigenvalue weighted by molar-refractivity contribution is -0.143. The van der Waals surface area contributed by atoms with Crippen molar-refractivity contribution in [2.75, 3.05) is 39.8 Å². The van der Waals surface area contributed by atoms with Gasteiger partial charge >= 0.3 is 19.7 Å². The van der Waals surface area contributed by atoms with Gasteiger partial charge in [0.05, 0.1) is 27.2 Å². The zero-order valence-electron chi connectivity index (χ0n) is 21.0. The minimum absolute atomic E-state index is 0.0378. The molecule has 2 aromatic heterocycles. The fourth-order valence-electron chi connectivity index (χ4n) is 3.69. The molecule has 5 unspecified atom stereocenters. The predicted molar refractivity (Wildman–Crippen MR) is 129 cm³/mol. The summed E-state index contributed by atoms with van der Waals surface area (Å²) in [5.74, 6) is -4.35. The van der Waals surface area contributed by atoms with Crippen LogP contribution >= 0.6 is 19.3 Å². The number of nitrogen functional groups attached to an aromatic ring is 1. The molecule has 4 N–H and O–H groups in total. The van der Waals surface area contributed by atoms with E-state index in [0.29, 0.717) is 0 Å². The highest BCUT2D eigenvalue weighted by molar-refractivity contribution is 7.51. The second kappa shape index (κ2) is 12.2. The second-order valence-electron chi connectivity index (χ2n) is 8.75. The first-order chi connectivity index (χ1) is 17.8. The molecule has 18 heteroatoms. The third kappa shape index (κ3) is 6.57. The van der Waals surface area contributed by atoms with Crippen LogP contribution in [-0.4, -0.2) is 88.9 Å². The molecule has 1 aliphatic heterocycles. The first-order valence-corrected chi connectivity index (χ1v) is 13.2. The normalized spacial score (nSPS) is 23.9.